The Hall–Kier alpha value is -1.41. The van der Waals surface area contributed by atoms with E-state index >= 15 is 0 Å². The SMILES string of the molecule is N#Cc1ncn(C[C@H]2CCCN2)n1. The quantitative estimate of drug-likeness (QED) is 0.685. The molecule has 1 saturated heterocycles. The van der Waals surface area contributed by atoms with Crippen LogP contribution in [-0.2, 0) is 6.54 Å². The van der Waals surface area contributed by atoms with Crippen LogP contribution in [0, 0.1) is 11.3 Å². The maximum absolute atomic E-state index is 8.51. The molecular weight excluding hydrogens is 166 g/mol. The summed E-state index contributed by atoms with van der Waals surface area (Å²) >= 11 is 0. The zero-order valence-corrected chi connectivity index (χ0v) is 7.27. The van der Waals surface area contributed by atoms with Crippen LogP contribution in [0.25, 0.3) is 0 Å². The van der Waals surface area contributed by atoms with Crippen LogP contribution >= 0.6 is 0 Å². The molecule has 1 aromatic heterocycles. The summed E-state index contributed by atoms with van der Waals surface area (Å²) in [5, 5.41) is 15.9. The molecule has 1 aromatic rings. The van der Waals surface area contributed by atoms with Crippen LogP contribution in [0.15, 0.2) is 6.33 Å². The first-order valence-corrected chi connectivity index (χ1v) is 4.41. The van der Waals surface area contributed by atoms with Crippen molar-refractivity contribution in [3.63, 3.8) is 0 Å². The fourth-order valence-electron chi connectivity index (χ4n) is 1.57. The van der Waals surface area contributed by atoms with Crippen molar-refractivity contribution in [1.82, 2.24) is 20.1 Å². The number of hydrogen-bond acceptors (Lipinski definition) is 4. The van der Waals surface area contributed by atoms with Crippen LogP contribution in [0.1, 0.15) is 18.7 Å². The van der Waals surface area contributed by atoms with Gasteiger partial charge in [0, 0.05) is 6.04 Å². The second kappa shape index (κ2) is 3.54. The monoisotopic (exact) mass is 177 g/mol. The molecule has 13 heavy (non-hydrogen) atoms. The van der Waals surface area contributed by atoms with Gasteiger partial charge in [0.05, 0.1) is 6.54 Å². The zero-order chi connectivity index (χ0) is 9.10. The largest absolute Gasteiger partial charge is 0.312 e. The molecule has 1 aliphatic heterocycles. The molecule has 0 radical (unpaired) electrons. The Morgan fingerprint density at radius 1 is 1.77 bits per heavy atom. The molecule has 0 unspecified atom stereocenters. The normalized spacial score (nSPS) is 21.6. The molecule has 0 aromatic carbocycles. The molecule has 1 aliphatic rings. The minimum absolute atomic E-state index is 0.248. The van der Waals surface area contributed by atoms with E-state index < -0.39 is 0 Å². The summed E-state index contributed by atoms with van der Waals surface area (Å²) in [6, 6.07) is 2.40. The third kappa shape index (κ3) is 1.84. The fourth-order valence-corrected chi connectivity index (χ4v) is 1.57. The molecule has 0 bridgehead atoms. The average molecular weight is 177 g/mol. The highest BCUT2D eigenvalue weighted by Gasteiger charge is 2.14. The van der Waals surface area contributed by atoms with Crippen LogP contribution in [-0.4, -0.2) is 27.4 Å². The summed E-state index contributed by atoms with van der Waals surface area (Å²) < 4.78 is 1.72. The van der Waals surface area contributed by atoms with Crippen molar-refractivity contribution in [1.29, 1.82) is 5.26 Å². The summed E-state index contributed by atoms with van der Waals surface area (Å²) in [6.45, 7) is 1.90. The van der Waals surface area contributed by atoms with Crippen molar-refractivity contribution < 1.29 is 0 Å². The van der Waals surface area contributed by atoms with E-state index in [0.29, 0.717) is 6.04 Å². The van der Waals surface area contributed by atoms with Gasteiger partial charge in [-0.05, 0) is 19.4 Å². The van der Waals surface area contributed by atoms with Crippen LogP contribution in [0.3, 0.4) is 0 Å². The summed E-state index contributed by atoms with van der Waals surface area (Å²) in [5.41, 5.74) is 0. The second-order valence-corrected chi connectivity index (χ2v) is 3.20. The molecule has 0 amide bonds. The number of nitrogens with zero attached hydrogens (tertiary/aromatic N) is 4. The summed E-state index contributed by atoms with van der Waals surface area (Å²) in [7, 11) is 0. The Bertz CT molecular complexity index is 318. The number of hydrogen-bond donors (Lipinski definition) is 1. The van der Waals surface area contributed by atoms with E-state index in [0.717, 1.165) is 13.1 Å². The van der Waals surface area contributed by atoms with E-state index in [1.807, 2.05) is 6.07 Å². The lowest BCUT2D eigenvalue weighted by molar-refractivity contribution is 0.474. The third-order valence-electron chi connectivity index (χ3n) is 2.21. The molecule has 1 atom stereocenters. The highest BCUT2D eigenvalue weighted by Crippen LogP contribution is 2.06. The van der Waals surface area contributed by atoms with Crippen LogP contribution in [0.4, 0.5) is 0 Å². The van der Waals surface area contributed by atoms with Gasteiger partial charge in [-0.2, -0.15) is 5.26 Å². The molecule has 2 rings (SSSR count). The zero-order valence-electron chi connectivity index (χ0n) is 7.27. The van der Waals surface area contributed by atoms with Crippen molar-refractivity contribution in [2.24, 2.45) is 0 Å². The molecule has 2 heterocycles. The Kier molecular flexibility index (Phi) is 2.23. The van der Waals surface area contributed by atoms with Gasteiger partial charge in [0.1, 0.15) is 12.4 Å². The highest BCUT2D eigenvalue weighted by molar-refractivity contribution is 5.05. The van der Waals surface area contributed by atoms with Gasteiger partial charge < -0.3 is 5.32 Å². The fraction of sp³-hybridized carbons (Fsp3) is 0.625. The number of nitriles is 1. The summed E-state index contributed by atoms with van der Waals surface area (Å²) in [5.74, 6) is 0.248. The molecule has 1 fully saturated rings. The van der Waals surface area contributed by atoms with Gasteiger partial charge in [-0.15, -0.1) is 5.10 Å². The van der Waals surface area contributed by atoms with Gasteiger partial charge in [0.25, 0.3) is 5.82 Å². The van der Waals surface area contributed by atoms with E-state index in [1.165, 1.54) is 12.8 Å². The molecule has 5 heteroatoms. The summed E-state index contributed by atoms with van der Waals surface area (Å²) in [6.07, 6.45) is 4.02. The van der Waals surface area contributed by atoms with Crippen LogP contribution < -0.4 is 5.32 Å². The lowest BCUT2D eigenvalue weighted by atomic mass is 10.2. The number of rotatable bonds is 2. The van der Waals surface area contributed by atoms with Crippen molar-refractivity contribution in [3.05, 3.63) is 12.2 Å². The maximum Gasteiger partial charge on any atom is 0.252 e. The molecule has 0 saturated carbocycles. The van der Waals surface area contributed by atoms with E-state index in [4.69, 9.17) is 5.26 Å². The van der Waals surface area contributed by atoms with Gasteiger partial charge in [-0.3, -0.25) is 4.68 Å². The van der Waals surface area contributed by atoms with Crippen LogP contribution in [0.5, 0.6) is 0 Å². The molecule has 5 nitrogen and oxygen atoms in total. The first-order valence-electron chi connectivity index (χ1n) is 4.41. The Morgan fingerprint density at radius 3 is 3.31 bits per heavy atom. The van der Waals surface area contributed by atoms with Crippen molar-refractivity contribution in [3.8, 4) is 6.07 Å². The van der Waals surface area contributed by atoms with Crippen molar-refractivity contribution >= 4 is 0 Å². The van der Waals surface area contributed by atoms with E-state index in [9.17, 15) is 0 Å². The Morgan fingerprint density at radius 2 is 2.69 bits per heavy atom. The molecule has 1 N–H and O–H groups in total. The second-order valence-electron chi connectivity index (χ2n) is 3.20. The smallest absolute Gasteiger partial charge is 0.252 e. The summed E-state index contributed by atoms with van der Waals surface area (Å²) in [4.78, 5) is 3.84. The predicted octanol–water partition coefficient (Wildman–Crippen LogP) is -0.0982. The topological polar surface area (TPSA) is 66.5 Å². The molecule has 0 spiro atoms. The molecular formula is C8H11N5. The molecule has 68 valence electrons. The van der Waals surface area contributed by atoms with Crippen molar-refractivity contribution in [2.45, 2.75) is 25.4 Å². The Balaban J connectivity index is 1.97. The van der Waals surface area contributed by atoms with E-state index in [-0.39, 0.29) is 5.82 Å². The van der Waals surface area contributed by atoms with Gasteiger partial charge in [-0.25, -0.2) is 4.98 Å². The first-order chi connectivity index (χ1) is 6.38. The minimum Gasteiger partial charge on any atom is -0.312 e. The van der Waals surface area contributed by atoms with Gasteiger partial charge in [0.2, 0.25) is 0 Å². The minimum atomic E-state index is 0.248. The van der Waals surface area contributed by atoms with Gasteiger partial charge in [0.15, 0.2) is 0 Å². The van der Waals surface area contributed by atoms with Gasteiger partial charge in [-0.1, -0.05) is 0 Å². The number of nitrogens with one attached hydrogen (secondary N) is 1. The third-order valence-corrected chi connectivity index (χ3v) is 2.21. The standard InChI is InChI=1S/C8H11N5/c9-4-8-11-6-13(12-8)5-7-2-1-3-10-7/h6-7,10H,1-3,5H2/t7-/m1/s1. The van der Waals surface area contributed by atoms with E-state index in [1.54, 1.807) is 11.0 Å². The van der Waals surface area contributed by atoms with Crippen molar-refractivity contribution in [2.75, 3.05) is 6.54 Å². The van der Waals surface area contributed by atoms with E-state index in [2.05, 4.69) is 15.4 Å². The highest BCUT2D eigenvalue weighted by atomic mass is 15.3. The lowest BCUT2D eigenvalue weighted by Gasteiger charge is -2.08. The number of aromatic nitrogens is 3. The van der Waals surface area contributed by atoms with Crippen LogP contribution in [0.2, 0.25) is 0 Å². The Labute approximate surface area is 76.4 Å². The first kappa shape index (κ1) is 8.20. The molecule has 0 aliphatic carbocycles. The lowest BCUT2D eigenvalue weighted by Crippen LogP contribution is -2.26. The average Bonchev–Trinajstić information content (AvgIpc) is 2.76. The predicted molar refractivity (Wildman–Crippen MR) is 45.8 cm³/mol. The maximum atomic E-state index is 8.51. The van der Waals surface area contributed by atoms with Gasteiger partial charge >= 0.3 is 0 Å².